The largest absolute Gasteiger partial charge is 0.383 e. The molecular formula is C16H18N2O4S. The Bertz CT molecular complexity index is 776. The highest BCUT2D eigenvalue weighted by molar-refractivity contribution is 7.90. The number of rotatable bonds is 6. The van der Waals surface area contributed by atoms with E-state index in [1.54, 1.807) is 12.3 Å². The van der Waals surface area contributed by atoms with E-state index >= 15 is 0 Å². The number of nitrogens with one attached hydrogen (secondary N) is 1. The number of amides is 1. The maximum absolute atomic E-state index is 12.2. The number of ether oxygens (including phenoxy) is 1. The first-order valence-corrected chi connectivity index (χ1v) is 8.54. The Morgan fingerprint density at radius 2 is 1.91 bits per heavy atom. The molecule has 122 valence electrons. The van der Waals surface area contributed by atoms with Gasteiger partial charge < -0.3 is 4.74 Å². The number of carbonyl (C=O) groups excluding carboxylic acids is 1. The number of aromatic nitrogens is 1. The van der Waals surface area contributed by atoms with Crippen LogP contribution in [0.25, 0.3) is 11.1 Å². The Labute approximate surface area is 135 Å². The van der Waals surface area contributed by atoms with E-state index in [2.05, 4.69) is 4.98 Å². The third kappa shape index (κ3) is 4.37. The molecule has 0 aliphatic rings. The van der Waals surface area contributed by atoms with Crippen LogP contribution in [0.3, 0.4) is 0 Å². The number of hydrogen-bond donors (Lipinski definition) is 1. The molecule has 0 bridgehead atoms. The summed E-state index contributed by atoms with van der Waals surface area (Å²) in [5.74, 6) is -0.710. The van der Waals surface area contributed by atoms with Crippen molar-refractivity contribution in [3.8, 4) is 11.1 Å². The van der Waals surface area contributed by atoms with Gasteiger partial charge in [0.05, 0.1) is 12.2 Å². The fourth-order valence-electron chi connectivity index (χ4n) is 1.97. The van der Waals surface area contributed by atoms with Crippen LogP contribution in [0.2, 0.25) is 0 Å². The Hall–Kier alpha value is -2.25. The van der Waals surface area contributed by atoms with E-state index < -0.39 is 21.2 Å². The van der Waals surface area contributed by atoms with Crippen molar-refractivity contribution in [1.82, 2.24) is 9.71 Å². The highest BCUT2D eigenvalue weighted by Crippen LogP contribution is 2.18. The topological polar surface area (TPSA) is 85.4 Å². The van der Waals surface area contributed by atoms with Crippen molar-refractivity contribution < 1.29 is 17.9 Å². The highest BCUT2D eigenvalue weighted by Gasteiger charge is 2.23. The third-order valence-electron chi connectivity index (χ3n) is 3.27. The predicted octanol–water partition coefficient (Wildman–Crippen LogP) is 1.84. The molecule has 1 unspecified atom stereocenters. The average Bonchev–Trinajstić information content (AvgIpc) is 2.55. The van der Waals surface area contributed by atoms with Gasteiger partial charge in [-0.25, -0.2) is 13.1 Å². The maximum atomic E-state index is 12.2. The normalized spacial score (nSPS) is 12.6. The molecular weight excluding hydrogens is 316 g/mol. The van der Waals surface area contributed by atoms with Crippen molar-refractivity contribution in [2.24, 2.45) is 0 Å². The molecule has 6 nitrogen and oxygen atoms in total. The van der Waals surface area contributed by atoms with Gasteiger partial charge in [-0.15, -0.1) is 0 Å². The van der Waals surface area contributed by atoms with Crippen LogP contribution in [0.1, 0.15) is 17.3 Å². The van der Waals surface area contributed by atoms with Crippen LogP contribution in [0.4, 0.5) is 0 Å². The van der Waals surface area contributed by atoms with Gasteiger partial charge in [0.25, 0.3) is 5.91 Å². The molecule has 1 aromatic heterocycles. The average molecular weight is 334 g/mol. The number of hydrogen-bond acceptors (Lipinski definition) is 5. The second kappa shape index (κ2) is 7.34. The maximum Gasteiger partial charge on any atom is 0.266 e. The van der Waals surface area contributed by atoms with Crippen molar-refractivity contribution in [2.75, 3.05) is 13.7 Å². The molecule has 23 heavy (non-hydrogen) atoms. The van der Waals surface area contributed by atoms with E-state index in [0.717, 1.165) is 11.1 Å². The summed E-state index contributed by atoms with van der Waals surface area (Å²) in [7, 11) is -2.40. The first kappa shape index (κ1) is 17.1. The van der Waals surface area contributed by atoms with Crippen molar-refractivity contribution in [1.29, 1.82) is 0 Å². The number of nitrogens with zero attached hydrogens (tertiary/aromatic N) is 1. The van der Waals surface area contributed by atoms with Gasteiger partial charge in [-0.3, -0.25) is 9.78 Å². The van der Waals surface area contributed by atoms with Gasteiger partial charge in [-0.2, -0.15) is 0 Å². The molecule has 0 saturated heterocycles. The lowest BCUT2D eigenvalue weighted by atomic mass is 10.1. The van der Waals surface area contributed by atoms with E-state index in [-0.39, 0.29) is 12.2 Å². The summed E-state index contributed by atoms with van der Waals surface area (Å²) in [5, 5.41) is -0.832. The number of benzene rings is 1. The molecule has 0 fully saturated rings. The molecule has 1 aromatic carbocycles. The molecule has 7 heteroatoms. The van der Waals surface area contributed by atoms with E-state index in [0.29, 0.717) is 0 Å². The minimum Gasteiger partial charge on any atom is -0.383 e. The Balaban J connectivity index is 2.21. The Kier molecular flexibility index (Phi) is 5.46. The number of methoxy groups -OCH3 is 1. The Morgan fingerprint density at radius 1 is 1.22 bits per heavy atom. The van der Waals surface area contributed by atoms with Crippen molar-refractivity contribution in [2.45, 2.75) is 12.2 Å². The summed E-state index contributed by atoms with van der Waals surface area (Å²) in [4.78, 5) is 16.2. The fourth-order valence-corrected chi connectivity index (χ4v) is 2.86. The van der Waals surface area contributed by atoms with Crippen LogP contribution in [-0.4, -0.2) is 38.3 Å². The zero-order chi connectivity index (χ0) is 16.9. The number of carbonyl (C=O) groups is 1. The summed E-state index contributed by atoms with van der Waals surface area (Å²) in [6.07, 6.45) is 2.95. The standard InChI is InChI=1S/C16H18N2O4S/c1-12(11-22-2)23(20,21)18-16(19)15-8-14(9-17-10-15)13-6-4-3-5-7-13/h3-10,12H,11H2,1-2H3,(H,18,19). The van der Waals surface area contributed by atoms with Crippen molar-refractivity contribution in [3.63, 3.8) is 0 Å². The van der Waals surface area contributed by atoms with E-state index in [4.69, 9.17) is 4.74 Å². The van der Waals surface area contributed by atoms with Gasteiger partial charge in [-0.05, 0) is 18.6 Å². The molecule has 0 spiro atoms. The molecule has 0 radical (unpaired) electrons. The van der Waals surface area contributed by atoms with E-state index in [9.17, 15) is 13.2 Å². The van der Waals surface area contributed by atoms with Gasteiger partial charge in [0.1, 0.15) is 5.25 Å². The lowest BCUT2D eigenvalue weighted by Gasteiger charge is -2.13. The van der Waals surface area contributed by atoms with E-state index in [1.807, 2.05) is 35.1 Å². The molecule has 0 saturated carbocycles. The molecule has 2 rings (SSSR count). The molecule has 0 aliphatic carbocycles. The second-order valence-electron chi connectivity index (χ2n) is 5.07. The predicted molar refractivity (Wildman–Crippen MR) is 87.4 cm³/mol. The smallest absolute Gasteiger partial charge is 0.266 e. The molecule has 1 atom stereocenters. The Morgan fingerprint density at radius 3 is 2.57 bits per heavy atom. The summed E-state index contributed by atoms with van der Waals surface area (Å²) in [6.45, 7) is 1.47. The van der Waals surface area contributed by atoms with Gasteiger partial charge in [0.2, 0.25) is 10.0 Å². The summed E-state index contributed by atoms with van der Waals surface area (Å²) >= 11 is 0. The minimum absolute atomic E-state index is 0.00488. The first-order valence-electron chi connectivity index (χ1n) is 6.99. The SMILES string of the molecule is COCC(C)S(=O)(=O)NC(=O)c1cncc(-c2ccccc2)c1. The quantitative estimate of drug-likeness (QED) is 0.871. The molecule has 1 amide bonds. The molecule has 2 aromatic rings. The van der Waals surface area contributed by atoms with Gasteiger partial charge in [-0.1, -0.05) is 30.3 Å². The molecule has 1 heterocycles. The summed E-state index contributed by atoms with van der Waals surface area (Å²) < 4.78 is 30.9. The zero-order valence-corrected chi connectivity index (χ0v) is 13.7. The van der Waals surface area contributed by atoms with Gasteiger partial charge in [0.15, 0.2) is 0 Å². The summed E-state index contributed by atoms with van der Waals surface area (Å²) in [5.41, 5.74) is 1.81. The van der Waals surface area contributed by atoms with Crippen LogP contribution < -0.4 is 4.72 Å². The van der Waals surface area contributed by atoms with Crippen LogP contribution >= 0.6 is 0 Å². The number of sulfonamides is 1. The van der Waals surface area contributed by atoms with Crippen LogP contribution in [-0.2, 0) is 14.8 Å². The first-order chi connectivity index (χ1) is 10.9. The third-order valence-corrected chi connectivity index (χ3v) is 4.94. The fraction of sp³-hybridized carbons (Fsp3) is 0.250. The lowest BCUT2D eigenvalue weighted by Crippen LogP contribution is -2.39. The van der Waals surface area contributed by atoms with Crippen LogP contribution in [0.15, 0.2) is 48.8 Å². The monoisotopic (exact) mass is 334 g/mol. The number of pyridine rings is 1. The highest BCUT2D eigenvalue weighted by atomic mass is 32.2. The van der Waals surface area contributed by atoms with Crippen LogP contribution in [0.5, 0.6) is 0 Å². The molecule has 0 aliphatic heterocycles. The zero-order valence-electron chi connectivity index (χ0n) is 12.9. The van der Waals surface area contributed by atoms with Crippen LogP contribution in [0, 0.1) is 0 Å². The van der Waals surface area contributed by atoms with E-state index in [1.165, 1.54) is 20.2 Å². The van der Waals surface area contributed by atoms with Crippen molar-refractivity contribution in [3.05, 3.63) is 54.4 Å². The van der Waals surface area contributed by atoms with Crippen molar-refractivity contribution >= 4 is 15.9 Å². The summed E-state index contributed by atoms with van der Waals surface area (Å²) in [6, 6.07) is 11.0. The minimum atomic E-state index is -3.80. The lowest BCUT2D eigenvalue weighted by molar-refractivity contribution is 0.0980. The molecule has 1 N–H and O–H groups in total. The second-order valence-corrected chi connectivity index (χ2v) is 7.17. The van der Waals surface area contributed by atoms with Gasteiger partial charge >= 0.3 is 0 Å². The van der Waals surface area contributed by atoms with Gasteiger partial charge in [0, 0.05) is 25.1 Å².